The molecule has 0 aliphatic carbocycles. The molecule has 1 saturated heterocycles. The van der Waals surface area contributed by atoms with E-state index in [-0.39, 0.29) is 11.3 Å². The third-order valence-corrected chi connectivity index (χ3v) is 4.23. The number of hydrogen-bond acceptors (Lipinski definition) is 3. The van der Waals surface area contributed by atoms with Crippen LogP contribution in [0.15, 0.2) is 0 Å². The van der Waals surface area contributed by atoms with Gasteiger partial charge in [-0.15, -0.1) is 0 Å². The van der Waals surface area contributed by atoms with Crippen LogP contribution in [0.3, 0.4) is 0 Å². The van der Waals surface area contributed by atoms with Gasteiger partial charge >= 0.3 is 0 Å². The monoisotopic (exact) mass is 279 g/mol. The summed E-state index contributed by atoms with van der Waals surface area (Å²) in [5.41, 5.74) is -0.349. The molecule has 1 atom stereocenters. The van der Waals surface area contributed by atoms with Gasteiger partial charge in [0.15, 0.2) is 0 Å². The van der Waals surface area contributed by atoms with Crippen LogP contribution in [0.4, 0.5) is 0 Å². The van der Waals surface area contributed by atoms with Crippen molar-refractivity contribution in [1.29, 1.82) is 5.26 Å². The summed E-state index contributed by atoms with van der Waals surface area (Å²) in [6, 6.07) is 2.15. The van der Waals surface area contributed by atoms with Crippen molar-refractivity contribution in [1.82, 2.24) is 10.2 Å². The molecule has 0 aromatic rings. The topological polar surface area (TPSA) is 56.1 Å². The van der Waals surface area contributed by atoms with Crippen LogP contribution in [0.2, 0.25) is 0 Å². The second-order valence-electron chi connectivity index (χ2n) is 6.82. The summed E-state index contributed by atoms with van der Waals surface area (Å²) in [7, 11) is 0. The van der Waals surface area contributed by atoms with Gasteiger partial charge < -0.3 is 10.2 Å². The molecule has 4 nitrogen and oxygen atoms in total. The van der Waals surface area contributed by atoms with Crippen LogP contribution < -0.4 is 5.32 Å². The highest BCUT2D eigenvalue weighted by Gasteiger charge is 2.39. The Morgan fingerprint density at radius 2 is 2.20 bits per heavy atom. The Morgan fingerprint density at radius 3 is 2.70 bits per heavy atom. The van der Waals surface area contributed by atoms with Gasteiger partial charge in [0.1, 0.15) is 0 Å². The van der Waals surface area contributed by atoms with Crippen LogP contribution in [0.5, 0.6) is 0 Å². The highest BCUT2D eigenvalue weighted by Crippen LogP contribution is 2.34. The molecule has 0 aromatic carbocycles. The molecule has 1 amide bonds. The summed E-state index contributed by atoms with van der Waals surface area (Å²) in [5, 5.41) is 12.2. The minimum absolute atomic E-state index is 0.204. The van der Waals surface area contributed by atoms with Gasteiger partial charge in [-0.3, -0.25) is 4.79 Å². The fourth-order valence-electron chi connectivity index (χ4n) is 2.95. The lowest BCUT2D eigenvalue weighted by Gasteiger charge is -2.40. The number of nitrogens with one attached hydrogen (secondary N) is 1. The van der Waals surface area contributed by atoms with E-state index in [1.54, 1.807) is 0 Å². The van der Waals surface area contributed by atoms with Crippen molar-refractivity contribution in [2.24, 2.45) is 17.3 Å². The lowest BCUT2D eigenvalue weighted by Crippen LogP contribution is -2.50. The first kappa shape index (κ1) is 17.0. The van der Waals surface area contributed by atoms with Crippen LogP contribution in [0.1, 0.15) is 47.0 Å². The fourth-order valence-corrected chi connectivity index (χ4v) is 2.95. The molecule has 114 valence electrons. The Morgan fingerprint density at radius 1 is 1.50 bits per heavy atom. The number of carbonyl (C=O) groups excluding carboxylic acids is 1. The molecule has 0 radical (unpaired) electrons. The third-order valence-electron chi connectivity index (χ3n) is 4.23. The SMILES string of the molecule is CC(C)CN(CCC#N)C(=O)C(C)(C)C1CCCNC1. The average molecular weight is 279 g/mol. The van der Waals surface area contributed by atoms with Crippen LogP contribution >= 0.6 is 0 Å². The van der Waals surface area contributed by atoms with Crippen LogP contribution in [-0.2, 0) is 4.79 Å². The Labute approximate surface area is 123 Å². The molecule has 0 spiro atoms. The van der Waals surface area contributed by atoms with Crippen LogP contribution in [0.25, 0.3) is 0 Å². The zero-order chi connectivity index (χ0) is 15.2. The quantitative estimate of drug-likeness (QED) is 0.812. The zero-order valence-electron chi connectivity index (χ0n) is 13.4. The second-order valence-corrected chi connectivity index (χ2v) is 6.82. The Bertz CT molecular complexity index is 351. The van der Waals surface area contributed by atoms with Crippen molar-refractivity contribution in [3.05, 3.63) is 0 Å². The van der Waals surface area contributed by atoms with Gasteiger partial charge in [0.05, 0.1) is 12.5 Å². The van der Waals surface area contributed by atoms with Crippen molar-refractivity contribution in [3.63, 3.8) is 0 Å². The largest absolute Gasteiger partial charge is 0.341 e. The maximum absolute atomic E-state index is 12.9. The van der Waals surface area contributed by atoms with Crippen molar-refractivity contribution in [3.8, 4) is 6.07 Å². The van der Waals surface area contributed by atoms with E-state index in [4.69, 9.17) is 5.26 Å². The second kappa shape index (κ2) is 7.64. The number of piperidine rings is 1. The van der Waals surface area contributed by atoms with Gasteiger partial charge in [-0.25, -0.2) is 0 Å². The smallest absolute Gasteiger partial charge is 0.228 e. The number of nitriles is 1. The van der Waals surface area contributed by atoms with E-state index in [2.05, 4.69) is 39.1 Å². The number of amides is 1. The standard InChI is InChI=1S/C16H29N3O/c1-13(2)12-19(10-6-8-17)15(20)16(3,4)14-7-5-9-18-11-14/h13-14,18H,5-7,9-12H2,1-4H3. The number of hydrogen-bond donors (Lipinski definition) is 1. The van der Waals surface area contributed by atoms with Gasteiger partial charge in [0.25, 0.3) is 0 Å². The van der Waals surface area contributed by atoms with E-state index in [0.29, 0.717) is 24.8 Å². The molecule has 1 fully saturated rings. The maximum atomic E-state index is 12.9. The first-order valence-corrected chi connectivity index (χ1v) is 7.76. The molecule has 0 aromatic heterocycles. The summed E-state index contributed by atoms with van der Waals surface area (Å²) < 4.78 is 0. The van der Waals surface area contributed by atoms with Crippen molar-refractivity contribution < 1.29 is 4.79 Å². The van der Waals surface area contributed by atoms with Crippen LogP contribution in [-0.4, -0.2) is 37.0 Å². The summed E-state index contributed by atoms with van der Waals surface area (Å²) in [6.07, 6.45) is 2.67. The predicted molar refractivity (Wildman–Crippen MR) is 81.0 cm³/mol. The highest BCUT2D eigenvalue weighted by atomic mass is 16.2. The molecule has 0 bridgehead atoms. The Hall–Kier alpha value is -1.08. The number of nitrogens with zero attached hydrogens (tertiary/aromatic N) is 2. The van der Waals surface area contributed by atoms with E-state index in [1.165, 1.54) is 0 Å². The van der Waals surface area contributed by atoms with Crippen molar-refractivity contribution >= 4 is 5.91 Å². The maximum Gasteiger partial charge on any atom is 0.228 e. The Kier molecular flexibility index (Phi) is 6.48. The normalized spacial score (nSPS) is 19.7. The van der Waals surface area contributed by atoms with Gasteiger partial charge in [0.2, 0.25) is 5.91 Å². The van der Waals surface area contributed by atoms with E-state index in [9.17, 15) is 4.79 Å². The molecule has 1 heterocycles. The molecule has 1 N–H and O–H groups in total. The van der Waals surface area contributed by atoms with E-state index >= 15 is 0 Å². The minimum Gasteiger partial charge on any atom is -0.341 e. The molecule has 20 heavy (non-hydrogen) atoms. The minimum atomic E-state index is -0.349. The third kappa shape index (κ3) is 4.49. The summed E-state index contributed by atoms with van der Waals surface area (Å²) in [5.74, 6) is 1.02. The zero-order valence-corrected chi connectivity index (χ0v) is 13.4. The highest BCUT2D eigenvalue weighted by molar-refractivity contribution is 5.82. The predicted octanol–water partition coefficient (Wildman–Crippen LogP) is 2.41. The van der Waals surface area contributed by atoms with Gasteiger partial charge in [0, 0.05) is 18.5 Å². The van der Waals surface area contributed by atoms with Crippen molar-refractivity contribution in [2.75, 3.05) is 26.2 Å². The molecule has 4 heteroatoms. The molecular formula is C16H29N3O. The molecular weight excluding hydrogens is 250 g/mol. The van der Waals surface area contributed by atoms with Gasteiger partial charge in [-0.05, 0) is 37.8 Å². The van der Waals surface area contributed by atoms with E-state index in [1.807, 2.05) is 4.90 Å². The van der Waals surface area contributed by atoms with Crippen molar-refractivity contribution in [2.45, 2.75) is 47.0 Å². The first-order chi connectivity index (χ1) is 9.39. The summed E-state index contributed by atoms with van der Waals surface area (Å²) in [4.78, 5) is 14.8. The molecule has 1 unspecified atom stereocenters. The first-order valence-electron chi connectivity index (χ1n) is 7.76. The lowest BCUT2D eigenvalue weighted by atomic mass is 9.74. The lowest BCUT2D eigenvalue weighted by molar-refractivity contribution is -0.144. The van der Waals surface area contributed by atoms with Gasteiger partial charge in [-0.2, -0.15) is 5.26 Å². The van der Waals surface area contributed by atoms with Crippen LogP contribution in [0, 0.1) is 28.6 Å². The number of rotatable bonds is 6. The fraction of sp³-hybridized carbons (Fsp3) is 0.875. The molecule has 1 rings (SSSR count). The summed E-state index contributed by atoms with van der Waals surface area (Å²) >= 11 is 0. The Balaban J connectivity index is 2.76. The molecule has 1 aliphatic rings. The summed E-state index contributed by atoms with van der Waals surface area (Å²) in [6.45, 7) is 11.6. The molecule has 1 aliphatic heterocycles. The van der Waals surface area contributed by atoms with E-state index < -0.39 is 0 Å². The van der Waals surface area contributed by atoms with Gasteiger partial charge in [-0.1, -0.05) is 27.7 Å². The average Bonchev–Trinajstić information content (AvgIpc) is 2.43. The molecule has 0 saturated carbocycles. The van der Waals surface area contributed by atoms with E-state index in [0.717, 1.165) is 32.5 Å². The number of carbonyl (C=O) groups is 1.